The Hall–Kier alpha value is -6.26. The molecule has 0 saturated heterocycles. The molecule has 226 valence electrons. The molecule has 0 atom stereocenters. The standard InChI is InChI=1S/C43H33N3O/c1-45(40-30-20-38(44-47)21-31-40)39-22-12-36(13-23-39)37-18-28-43(29-19-37)46(41-24-14-34(15-25-41)32-8-4-2-5-9-32)42-26-16-35(17-27-42)33-10-6-3-7-11-33/h2-31H,1H3. The molecule has 0 unspecified atom stereocenters. The van der Waals surface area contributed by atoms with Crippen molar-refractivity contribution in [3.8, 4) is 33.4 Å². The molecule has 47 heavy (non-hydrogen) atoms. The third kappa shape index (κ3) is 6.44. The predicted octanol–water partition coefficient (Wildman–Crippen LogP) is 12.3. The lowest BCUT2D eigenvalue weighted by Gasteiger charge is -2.26. The van der Waals surface area contributed by atoms with Gasteiger partial charge in [0.2, 0.25) is 0 Å². The lowest BCUT2D eigenvalue weighted by Crippen LogP contribution is -2.10. The van der Waals surface area contributed by atoms with E-state index in [4.69, 9.17) is 0 Å². The number of hydrogen-bond donors (Lipinski definition) is 0. The van der Waals surface area contributed by atoms with Gasteiger partial charge in [0.1, 0.15) is 5.69 Å². The lowest BCUT2D eigenvalue weighted by atomic mass is 10.0. The molecule has 0 radical (unpaired) electrons. The van der Waals surface area contributed by atoms with Gasteiger partial charge >= 0.3 is 0 Å². The number of anilines is 5. The van der Waals surface area contributed by atoms with E-state index in [0.717, 1.165) is 39.6 Å². The van der Waals surface area contributed by atoms with Crippen molar-refractivity contribution >= 4 is 34.1 Å². The molecular weight excluding hydrogens is 574 g/mol. The van der Waals surface area contributed by atoms with Gasteiger partial charge in [0, 0.05) is 35.5 Å². The van der Waals surface area contributed by atoms with E-state index in [1.807, 2.05) is 31.3 Å². The van der Waals surface area contributed by atoms with Crippen molar-refractivity contribution in [2.45, 2.75) is 0 Å². The minimum atomic E-state index is 0.424. The minimum absolute atomic E-state index is 0.424. The number of hydrogen-bond acceptors (Lipinski definition) is 4. The second kappa shape index (κ2) is 13.4. The summed E-state index contributed by atoms with van der Waals surface area (Å²) in [7, 11) is 2.01. The molecule has 0 amide bonds. The number of benzene rings is 7. The third-order valence-electron chi connectivity index (χ3n) is 8.52. The van der Waals surface area contributed by atoms with Crippen molar-refractivity contribution in [1.29, 1.82) is 0 Å². The number of rotatable bonds is 9. The van der Waals surface area contributed by atoms with E-state index in [-0.39, 0.29) is 0 Å². The molecule has 0 saturated carbocycles. The summed E-state index contributed by atoms with van der Waals surface area (Å²) in [5, 5.41) is 3.00. The summed E-state index contributed by atoms with van der Waals surface area (Å²) in [4.78, 5) is 15.2. The quantitative estimate of drug-likeness (QED) is 0.153. The van der Waals surface area contributed by atoms with Crippen LogP contribution in [0.15, 0.2) is 187 Å². The summed E-state index contributed by atoms with van der Waals surface area (Å²) in [6.07, 6.45) is 0. The Kier molecular flexibility index (Phi) is 8.39. The molecule has 0 aliphatic rings. The normalized spacial score (nSPS) is 10.7. The topological polar surface area (TPSA) is 35.9 Å². The molecular formula is C43H33N3O. The van der Waals surface area contributed by atoms with E-state index >= 15 is 0 Å². The number of nitrogens with zero attached hydrogens (tertiary/aromatic N) is 3. The molecule has 7 aromatic rings. The average molecular weight is 608 g/mol. The van der Waals surface area contributed by atoms with E-state index in [9.17, 15) is 4.91 Å². The van der Waals surface area contributed by atoms with E-state index in [2.05, 4.69) is 161 Å². The Morgan fingerprint density at radius 1 is 0.340 bits per heavy atom. The van der Waals surface area contributed by atoms with Crippen LogP contribution in [-0.2, 0) is 0 Å². The molecule has 4 heteroatoms. The summed E-state index contributed by atoms with van der Waals surface area (Å²) in [5.41, 5.74) is 12.8. The Balaban J connectivity index is 1.18. The Bertz CT molecular complexity index is 1970. The summed E-state index contributed by atoms with van der Waals surface area (Å²) >= 11 is 0. The highest BCUT2D eigenvalue weighted by Gasteiger charge is 2.14. The van der Waals surface area contributed by atoms with Crippen LogP contribution in [0.25, 0.3) is 33.4 Å². The van der Waals surface area contributed by atoms with Gasteiger partial charge in [-0.05, 0) is 111 Å². The Labute approximate surface area is 275 Å². The lowest BCUT2D eigenvalue weighted by molar-refractivity contribution is 1.21. The summed E-state index contributed by atoms with van der Waals surface area (Å²) in [5.74, 6) is 0. The first-order valence-electron chi connectivity index (χ1n) is 15.6. The monoisotopic (exact) mass is 607 g/mol. The second-order valence-electron chi connectivity index (χ2n) is 11.4. The Morgan fingerprint density at radius 3 is 0.936 bits per heavy atom. The SMILES string of the molecule is CN(c1ccc(N=O)cc1)c1ccc(-c2ccc(N(c3ccc(-c4ccccc4)cc3)c3ccc(-c4ccccc4)cc3)cc2)cc1. The molecule has 7 rings (SSSR count). The number of nitroso groups, excluding NO2 is 1. The summed E-state index contributed by atoms with van der Waals surface area (Å²) in [6.45, 7) is 0. The Morgan fingerprint density at radius 2 is 0.617 bits per heavy atom. The molecule has 0 aliphatic heterocycles. The fourth-order valence-electron chi connectivity index (χ4n) is 5.88. The zero-order chi connectivity index (χ0) is 32.0. The van der Waals surface area contributed by atoms with E-state index in [0.29, 0.717) is 5.69 Å². The zero-order valence-corrected chi connectivity index (χ0v) is 26.1. The fraction of sp³-hybridized carbons (Fsp3) is 0.0233. The first kappa shape index (κ1) is 29.5. The predicted molar refractivity (Wildman–Crippen MR) is 197 cm³/mol. The smallest absolute Gasteiger partial charge is 0.108 e. The van der Waals surface area contributed by atoms with Crippen LogP contribution >= 0.6 is 0 Å². The highest BCUT2D eigenvalue weighted by atomic mass is 16.3. The average Bonchev–Trinajstić information content (AvgIpc) is 3.16. The van der Waals surface area contributed by atoms with E-state index in [1.165, 1.54) is 22.3 Å². The molecule has 7 aromatic carbocycles. The van der Waals surface area contributed by atoms with Gasteiger partial charge in [0.25, 0.3) is 0 Å². The van der Waals surface area contributed by atoms with Gasteiger partial charge in [0.15, 0.2) is 0 Å². The largest absolute Gasteiger partial charge is 0.345 e. The van der Waals surface area contributed by atoms with Gasteiger partial charge in [0.05, 0.1) is 0 Å². The third-order valence-corrected chi connectivity index (χ3v) is 8.52. The molecule has 0 fully saturated rings. The fourth-order valence-corrected chi connectivity index (χ4v) is 5.88. The van der Waals surface area contributed by atoms with Gasteiger partial charge < -0.3 is 9.80 Å². The molecule has 0 aromatic heterocycles. The minimum Gasteiger partial charge on any atom is -0.345 e. The molecule has 0 heterocycles. The highest BCUT2D eigenvalue weighted by molar-refractivity contribution is 5.81. The van der Waals surface area contributed by atoms with E-state index < -0.39 is 0 Å². The maximum absolute atomic E-state index is 10.8. The van der Waals surface area contributed by atoms with Crippen LogP contribution in [0.3, 0.4) is 0 Å². The van der Waals surface area contributed by atoms with Crippen molar-refractivity contribution in [2.75, 3.05) is 16.8 Å². The molecule has 0 bridgehead atoms. The second-order valence-corrected chi connectivity index (χ2v) is 11.4. The highest BCUT2D eigenvalue weighted by Crippen LogP contribution is 2.38. The van der Waals surface area contributed by atoms with Crippen LogP contribution < -0.4 is 9.80 Å². The van der Waals surface area contributed by atoms with E-state index in [1.54, 1.807) is 12.1 Å². The van der Waals surface area contributed by atoms with Crippen molar-refractivity contribution < 1.29 is 0 Å². The zero-order valence-electron chi connectivity index (χ0n) is 26.1. The maximum Gasteiger partial charge on any atom is 0.108 e. The first-order valence-corrected chi connectivity index (χ1v) is 15.6. The van der Waals surface area contributed by atoms with Crippen molar-refractivity contribution in [3.63, 3.8) is 0 Å². The van der Waals surface area contributed by atoms with Crippen molar-refractivity contribution in [2.24, 2.45) is 5.18 Å². The van der Waals surface area contributed by atoms with Crippen LogP contribution in [-0.4, -0.2) is 7.05 Å². The van der Waals surface area contributed by atoms with Gasteiger partial charge in [-0.25, -0.2) is 0 Å². The molecule has 4 nitrogen and oxygen atoms in total. The molecule has 0 aliphatic carbocycles. The van der Waals surface area contributed by atoms with Crippen LogP contribution in [0.5, 0.6) is 0 Å². The molecule has 0 N–H and O–H groups in total. The van der Waals surface area contributed by atoms with Crippen LogP contribution in [0.1, 0.15) is 0 Å². The van der Waals surface area contributed by atoms with Gasteiger partial charge in [-0.3, -0.25) is 0 Å². The summed E-state index contributed by atoms with van der Waals surface area (Å²) in [6, 6.07) is 63.0. The van der Waals surface area contributed by atoms with Gasteiger partial charge in [-0.1, -0.05) is 109 Å². The van der Waals surface area contributed by atoms with Crippen LogP contribution in [0, 0.1) is 4.91 Å². The maximum atomic E-state index is 10.8. The first-order chi connectivity index (χ1) is 23.2. The van der Waals surface area contributed by atoms with Crippen LogP contribution in [0.2, 0.25) is 0 Å². The van der Waals surface area contributed by atoms with Gasteiger partial charge in [-0.2, -0.15) is 0 Å². The van der Waals surface area contributed by atoms with Crippen LogP contribution in [0.4, 0.5) is 34.1 Å². The summed E-state index contributed by atoms with van der Waals surface area (Å²) < 4.78 is 0. The molecule has 0 spiro atoms. The van der Waals surface area contributed by atoms with Crippen molar-refractivity contribution in [1.82, 2.24) is 0 Å². The van der Waals surface area contributed by atoms with Crippen molar-refractivity contribution in [3.05, 3.63) is 187 Å². The van der Waals surface area contributed by atoms with Gasteiger partial charge in [-0.15, -0.1) is 4.91 Å².